The largest absolute Gasteiger partial charge is 0.339 e. The van der Waals surface area contributed by atoms with Crippen LogP contribution in [0.15, 0.2) is 22.0 Å². The molecular formula is C10H11N3OS. The number of nitrogens with zero attached hydrogens (tertiary/aromatic N) is 2. The lowest BCUT2D eigenvalue weighted by molar-refractivity contribution is 0.359. The van der Waals surface area contributed by atoms with Gasteiger partial charge in [-0.3, -0.25) is 0 Å². The third-order valence-corrected chi connectivity index (χ3v) is 3.46. The fraction of sp³-hybridized carbons (Fsp3) is 0.400. The first-order valence-corrected chi connectivity index (χ1v) is 5.89. The second kappa shape index (κ2) is 3.75. The predicted molar refractivity (Wildman–Crippen MR) is 57.8 cm³/mol. The normalized spacial score (nSPS) is 20.9. The first-order valence-electron chi connectivity index (χ1n) is 5.01. The average molecular weight is 221 g/mol. The van der Waals surface area contributed by atoms with E-state index in [1.165, 1.54) is 0 Å². The summed E-state index contributed by atoms with van der Waals surface area (Å²) in [5.74, 6) is 1.88. The van der Waals surface area contributed by atoms with Crippen LogP contribution in [0.4, 0.5) is 0 Å². The zero-order valence-electron chi connectivity index (χ0n) is 8.14. The van der Waals surface area contributed by atoms with Crippen LogP contribution in [-0.2, 0) is 0 Å². The van der Waals surface area contributed by atoms with Crippen molar-refractivity contribution in [3.8, 4) is 10.7 Å². The molecule has 1 N–H and O–H groups in total. The molecule has 1 aliphatic heterocycles. The van der Waals surface area contributed by atoms with Crippen molar-refractivity contribution in [2.45, 2.75) is 12.3 Å². The van der Waals surface area contributed by atoms with Gasteiger partial charge in [0.1, 0.15) is 0 Å². The van der Waals surface area contributed by atoms with Crippen LogP contribution >= 0.6 is 11.3 Å². The molecule has 0 amide bonds. The van der Waals surface area contributed by atoms with E-state index in [1.807, 2.05) is 17.5 Å². The van der Waals surface area contributed by atoms with Crippen molar-refractivity contribution < 1.29 is 4.52 Å². The Balaban J connectivity index is 1.87. The van der Waals surface area contributed by atoms with Gasteiger partial charge in [0.05, 0.1) is 10.8 Å². The molecule has 4 nitrogen and oxygen atoms in total. The summed E-state index contributed by atoms with van der Waals surface area (Å²) < 4.78 is 5.28. The van der Waals surface area contributed by atoms with Crippen LogP contribution in [0.2, 0.25) is 0 Å². The summed E-state index contributed by atoms with van der Waals surface area (Å²) in [6.07, 6.45) is 1.09. The minimum atomic E-state index is 0.395. The van der Waals surface area contributed by atoms with Gasteiger partial charge in [0.15, 0.2) is 0 Å². The molecule has 2 aromatic rings. The molecule has 0 aliphatic carbocycles. The molecule has 3 rings (SSSR count). The highest BCUT2D eigenvalue weighted by Crippen LogP contribution is 2.25. The van der Waals surface area contributed by atoms with Crippen molar-refractivity contribution >= 4 is 11.3 Å². The van der Waals surface area contributed by atoms with Gasteiger partial charge in [-0.25, -0.2) is 0 Å². The summed E-state index contributed by atoms with van der Waals surface area (Å²) in [6.45, 7) is 1.99. The van der Waals surface area contributed by atoms with Gasteiger partial charge in [0.25, 0.3) is 0 Å². The maximum Gasteiger partial charge on any atom is 0.231 e. The molecule has 0 bridgehead atoms. The van der Waals surface area contributed by atoms with Gasteiger partial charge in [-0.05, 0) is 24.4 Å². The molecule has 0 aromatic carbocycles. The third-order valence-electron chi connectivity index (χ3n) is 2.59. The second-order valence-electron chi connectivity index (χ2n) is 3.62. The molecule has 3 heterocycles. The van der Waals surface area contributed by atoms with Gasteiger partial charge in [-0.15, -0.1) is 11.3 Å². The molecule has 78 valence electrons. The van der Waals surface area contributed by atoms with E-state index in [0.717, 1.165) is 30.3 Å². The number of rotatable bonds is 2. The van der Waals surface area contributed by atoms with Gasteiger partial charge >= 0.3 is 0 Å². The molecule has 0 radical (unpaired) electrons. The van der Waals surface area contributed by atoms with Crippen LogP contribution in [0.1, 0.15) is 18.2 Å². The second-order valence-corrected chi connectivity index (χ2v) is 4.57. The van der Waals surface area contributed by atoms with E-state index in [9.17, 15) is 0 Å². The molecule has 0 saturated carbocycles. The van der Waals surface area contributed by atoms with Crippen molar-refractivity contribution in [1.82, 2.24) is 15.5 Å². The van der Waals surface area contributed by atoms with Crippen molar-refractivity contribution in [2.75, 3.05) is 13.1 Å². The smallest absolute Gasteiger partial charge is 0.231 e. The summed E-state index contributed by atoms with van der Waals surface area (Å²) in [4.78, 5) is 5.49. The first kappa shape index (κ1) is 9.06. The summed E-state index contributed by atoms with van der Waals surface area (Å²) in [5.41, 5.74) is 0. The van der Waals surface area contributed by atoms with E-state index < -0.39 is 0 Å². The zero-order valence-corrected chi connectivity index (χ0v) is 8.96. The Bertz CT molecular complexity index is 431. The van der Waals surface area contributed by atoms with Crippen molar-refractivity contribution in [3.05, 3.63) is 23.4 Å². The van der Waals surface area contributed by atoms with E-state index in [2.05, 4.69) is 15.5 Å². The highest BCUT2D eigenvalue weighted by atomic mass is 32.1. The third kappa shape index (κ3) is 1.68. The lowest BCUT2D eigenvalue weighted by Crippen LogP contribution is -2.08. The van der Waals surface area contributed by atoms with Gasteiger partial charge in [0, 0.05) is 6.54 Å². The standard InChI is InChI=1S/C10H11N3OS/c1-2-8(15-5-1)9-12-10(14-13-9)7-3-4-11-6-7/h1-2,5,7,11H,3-4,6H2/t7-/m1/s1. The van der Waals surface area contributed by atoms with Crippen LogP contribution in [-0.4, -0.2) is 23.2 Å². The summed E-state index contributed by atoms with van der Waals surface area (Å²) >= 11 is 1.63. The van der Waals surface area contributed by atoms with Gasteiger partial charge in [0.2, 0.25) is 11.7 Å². The van der Waals surface area contributed by atoms with E-state index in [1.54, 1.807) is 11.3 Å². The molecule has 5 heteroatoms. The van der Waals surface area contributed by atoms with Gasteiger partial charge < -0.3 is 9.84 Å². The summed E-state index contributed by atoms with van der Waals surface area (Å²) in [7, 11) is 0. The topological polar surface area (TPSA) is 51.0 Å². The first-order chi connectivity index (χ1) is 7.43. The fourth-order valence-electron chi connectivity index (χ4n) is 1.77. The molecule has 1 saturated heterocycles. The van der Waals surface area contributed by atoms with E-state index in [0.29, 0.717) is 11.7 Å². The van der Waals surface area contributed by atoms with Crippen LogP contribution < -0.4 is 5.32 Å². The average Bonchev–Trinajstić information content (AvgIpc) is 3.02. The van der Waals surface area contributed by atoms with Crippen LogP contribution in [0.3, 0.4) is 0 Å². The van der Waals surface area contributed by atoms with Crippen molar-refractivity contribution in [3.63, 3.8) is 0 Å². The predicted octanol–water partition coefficient (Wildman–Crippen LogP) is 1.87. The Kier molecular flexibility index (Phi) is 2.26. The lowest BCUT2D eigenvalue weighted by Gasteiger charge is -1.98. The minimum Gasteiger partial charge on any atom is -0.339 e. The molecule has 0 spiro atoms. The molecule has 15 heavy (non-hydrogen) atoms. The SMILES string of the molecule is c1csc(-c2noc([C@@H]3CCNC3)n2)c1. The maximum atomic E-state index is 5.28. The Morgan fingerprint density at radius 3 is 3.27 bits per heavy atom. The fourth-order valence-corrected chi connectivity index (χ4v) is 2.42. The number of thiophene rings is 1. The maximum absolute atomic E-state index is 5.28. The van der Waals surface area contributed by atoms with E-state index >= 15 is 0 Å². The highest BCUT2D eigenvalue weighted by molar-refractivity contribution is 7.13. The Hall–Kier alpha value is -1.20. The monoisotopic (exact) mass is 221 g/mol. The highest BCUT2D eigenvalue weighted by Gasteiger charge is 2.23. The zero-order chi connectivity index (χ0) is 10.1. The van der Waals surface area contributed by atoms with Crippen LogP contribution in [0.5, 0.6) is 0 Å². The Morgan fingerprint density at radius 1 is 1.53 bits per heavy atom. The number of nitrogens with one attached hydrogen (secondary N) is 1. The molecule has 1 aliphatic rings. The summed E-state index contributed by atoms with van der Waals surface area (Å²) in [5, 5.41) is 9.31. The van der Waals surface area contributed by atoms with Crippen molar-refractivity contribution in [2.24, 2.45) is 0 Å². The lowest BCUT2D eigenvalue weighted by atomic mass is 10.1. The summed E-state index contributed by atoms with van der Waals surface area (Å²) in [6, 6.07) is 4.00. The Labute approximate surface area is 91.3 Å². The minimum absolute atomic E-state index is 0.395. The van der Waals surface area contributed by atoms with E-state index in [-0.39, 0.29) is 0 Å². The van der Waals surface area contributed by atoms with Crippen LogP contribution in [0.25, 0.3) is 10.7 Å². The molecule has 2 aromatic heterocycles. The number of hydrogen-bond donors (Lipinski definition) is 1. The van der Waals surface area contributed by atoms with E-state index in [4.69, 9.17) is 4.52 Å². The quantitative estimate of drug-likeness (QED) is 0.841. The molecule has 1 fully saturated rings. The van der Waals surface area contributed by atoms with Gasteiger partial charge in [-0.1, -0.05) is 11.2 Å². The van der Waals surface area contributed by atoms with Crippen LogP contribution in [0, 0.1) is 0 Å². The van der Waals surface area contributed by atoms with Gasteiger partial charge in [-0.2, -0.15) is 4.98 Å². The molecule has 1 atom stereocenters. The van der Waals surface area contributed by atoms with Crippen molar-refractivity contribution in [1.29, 1.82) is 0 Å². The molecular weight excluding hydrogens is 210 g/mol. The Morgan fingerprint density at radius 2 is 2.53 bits per heavy atom. The number of aromatic nitrogens is 2. The number of hydrogen-bond acceptors (Lipinski definition) is 5. The molecule has 0 unspecified atom stereocenters.